The number of para-hydroxylation sites is 2. The lowest BCUT2D eigenvalue weighted by molar-refractivity contribution is -0.121. The molecule has 2 aromatic carbocycles. The molecule has 5 nitrogen and oxygen atoms in total. The number of nitrogens with zero attached hydrogens (tertiary/aromatic N) is 2. The van der Waals surface area contributed by atoms with Crippen molar-refractivity contribution in [2.24, 2.45) is 0 Å². The predicted molar refractivity (Wildman–Crippen MR) is 96.1 cm³/mol. The first kappa shape index (κ1) is 16.5. The Balaban J connectivity index is 1.54. The molecule has 3 rings (SSSR count). The maximum absolute atomic E-state index is 12.0. The van der Waals surface area contributed by atoms with Crippen molar-refractivity contribution in [3.05, 3.63) is 66.0 Å². The van der Waals surface area contributed by atoms with Crippen LogP contribution in [0.25, 0.3) is 11.0 Å². The highest BCUT2D eigenvalue weighted by Gasteiger charge is 2.05. The van der Waals surface area contributed by atoms with Crippen molar-refractivity contribution in [1.82, 2.24) is 14.9 Å². The molecule has 25 heavy (non-hydrogen) atoms. The first-order valence-electron chi connectivity index (χ1n) is 7.90. The van der Waals surface area contributed by atoms with Gasteiger partial charge in [-0.05, 0) is 31.2 Å². The summed E-state index contributed by atoms with van der Waals surface area (Å²) in [6.07, 6.45) is 1.66. The molecule has 1 aromatic heterocycles. The molecule has 0 saturated carbocycles. The Morgan fingerprint density at radius 2 is 1.88 bits per heavy atom. The molecule has 0 fully saturated rings. The van der Waals surface area contributed by atoms with Crippen LogP contribution in [0.2, 0.25) is 0 Å². The lowest BCUT2D eigenvalue weighted by Gasteiger charge is -2.03. The summed E-state index contributed by atoms with van der Waals surface area (Å²) in [7, 11) is 0. The van der Waals surface area contributed by atoms with Crippen molar-refractivity contribution in [2.45, 2.75) is 13.5 Å². The molecule has 124 valence electrons. The second kappa shape index (κ2) is 7.45. The average molecular weight is 331 g/mol. The molecule has 1 N–H and O–H groups in total. The van der Waals surface area contributed by atoms with Crippen molar-refractivity contribution in [3.63, 3.8) is 0 Å². The van der Waals surface area contributed by atoms with Crippen LogP contribution in [0.5, 0.6) is 0 Å². The molecule has 0 radical (unpaired) electrons. The molecule has 3 aromatic rings. The van der Waals surface area contributed by atoms with Gasteiger partial charge in [0, 0.05) is 11.1 Å². The first-order chi connectivity index (χ1) is 12.1. The Morgan fingerprint density at radius 3 is 2.64 bits per heavy atom. The van der Waals surface area contributed by atoms with Crippen molar-refractivity contribution in [3.8, 4) is 11.8 Å². The van der Waals surface area contributed by atoms with Gasteiger partial charge in [-0.15, -0.1) is 0 Å². The summed E-state index contributed by atoms with van der Waals surface area (Å²) in [5.74, 6) is 5.77. The number of aromatic nitrogens is 2. The second-order valence-electron chi connectivity index (χ2n) is 5.57. The first-order valence-corrected chi connectivity index (χ1v) is 7.90. The summed E-state index contributed by atoms with van der Waals surface area (Å²) >= 11 is 0. The van der Waals surface area contributed by atoms with Crippen LogP contribution in [0.3, 0.4) is 0 Å². The largest absolute Gasteiger partial charge is 0.344 e. The minimum Gasteiger partial charge on any atom is -0.344 e. The zero-order valence-electron chi connectivity index (χ0n) is 13.8. The number of carbonyl (C=O) groups excluding carboxylic acids is 2. The average Bonchev–Trinajstić information content (AvgIpc) is 3.02. The SMILES string of the molecule is CC(=O)c1ccc(C#CCNC(=O)Cn2cnc3ccccc32)cc1. The standard InChI is InChI=1S/C20H17N3O2/c1-15(24)17-10-8-16(9-11-17)5-4-12-21-20(25)13-23-14-22-18-6-2-3-7-19(18)23/h2-3,6-11,14H,12-13H2,1H3,(H,21,25). The Hall–Kier alpha value is -3.39. The third-order valence-electron chi connectivity index (χ3n) is 3.74. The molecule has 0 atom stereocenters. The summed E-state index contributed by atoms with van der Waals surface area (Å²) in [5, 5.41) is 2.77. The van der Waals surface area contributed by atoms with Gasteiger partial charge in [-0.2, -0.15) is 0 Å². The van der Waals surface area contributed by atoms with Crippen LogP contribution in [0.4, 0.5) is 0 Å². The highest BCUT2D eigenvalue weighted by atomic mass is 16.2. The van der Waals surface area contributed by atoms with Crippen molar-refractivity contribution < 1.29 is 9.59 Å². The van der Waals surface area contributed by atoms with E-state index in [1.54, 1.807) is 35.2 Å². The van der Waals surface area contributed by atoms with E-state index in [1.165, 1.54) is 6.92 Å². The Kier molecular flexibility index (Phi) is 4.91. The summed E-state index contributed by atoms with van der Waals surface area (Å²) in [6.45, 7) is 2.00. The van der Waals surface area contributed by atoms with Gasteiger partial charge in [-0.25, -0.2) is 4.98 Å². The third-order valence-corrected chi connectivity index (χ3v) is 3.74. The monoisotopic (exact) mass is 331 g/mol. The van der Waals surface area contributed by atoms with E-state index in [9.17, 15) is 9.59 Å². The molecule has 0 spiro atoms. The Morgan fingerprint density at radius 1 is 1.12 bits per heavy atom. The van der Waals surface area contributed by atoms with E-state index in [-0.39, 0.29) is 24.8 Å². The van der Waals surface area contributed by atoms with Gasteiger partial charge >= 0.3 is 0 Å². The van der Waals surface area contributed by atoms with Crippen molar-refractivity contribution in [2.75, 3.05) is 6.54 Å². The van der Waals surface area contributed by atoms with Crippen LogP contribution in [0, 0.1) is 11.8 Å². The molecule has 0 aliphatic heterocycles. The molecule has 0 bridgehead atoms. The van der Waals surface area contributed by atoms with Crippen LogP contribution in [-0.4, -0.2) is 27.8 Å². The minimum atomic E-state index is -0.121. The molecule has 0 unspecified atom stereocenters. The summed E-state index contributed by atoms with van der Waals surface area (Å²) in [6, 6.07) is 14.8. The molecule has 1 heterocycles. The fraction of sp³-hybridized carbons (Fsp3) is 0.150. The zero-order valence-corrected chi connectivity index (χ0v) is 13.8. The van der Waals surface area contributed by atoms with Crippen LogP contribution >= 0.6 is 0 Å². The van der Waals surface area contributed by atoms with Gasteiger partial charge in [-0.3, -0.25) is 9.59 Å². The van der Waals surface area contributed by atoms with Crippen LogP contribution in [-0.2, 0) is 11.3 Å². The van der Waals surface area contributed by atoms with Gasteiger partial charge in [-0.1, -0.05) is 36.1 Å². The van der Waals surface area contributed by atoms with Crippen molar-refractivity contribution >= 4 is 22.7 Å². The van der Waals surface area contributed by atoms with E-state index < -0.39 is 0 Å². The van der Waals surface area contributed by atoms with E-state index in [1.807, 2.05) is 24.3 Å². The topological polar surface area (TPSA) is 64.0 Å². The third kappa shape index (κ3) is 4.12. The number of amides is 1. The van der Waals surface area contributed by atoms with E-state index >= 15 is 0 Å². The van der Waals surface area contributed by atoms with Crippen LogP contribution < -0.4 is 5.32 Å². The Bertz CT molecular complexity index is 975. The normalized spacial score (nSPS) is 10.1. The number of ketones is 1. The van der Waals surface area contributed by atoms with E-state index in [0.29, 0.717) is 5.56 Å². The van der Waals surface area contributed by atoms with Gasteiger partial charge in [0.05, 0.1) is 23.9 Å². The number of imidazole rings is 1. The number of benzene rings is 2. The maximum Gasteiger partial charge on any atom is 0.240 e. The Labute approximate surface area is 145 Å². The fourth-order valence-corrected chi connectivity index (χ4v) is 2.42. The van der Waals surface area contributed by atoms with Gasteiger partial charge in [0.25, 0.3) is 0 Å². The number of carbonyl (C=O) groups is 2. The van der Waals surface area contributed by atoms with Crippen molar-refractivity contribution in [1.29, 1.82) is 0 Å². The van der Waals surface area contributed by atoms with Gasteiger partial charge in [0.2, 0.25) is 5.91 Å². The molecule has 0 aliphatic rings. The fourth-order valence-electron chi connectivity index (χ4n) is 2.42. The number of hydrogen-bond donors (Lipinski definition) is 1. The van der Waals surface area contributed by atoms with Gasteiger partial charge < -0.3 is 9.88 Å². The second-order valence-corrected chi connectivity index (χ2v) is 5.57. The number of rotatable bonds is 4. The summed E-state index contributed by atoms with van der Waals surface area (Å²) in [4.78, 5) is 27.5. The molecule has 1 amide bonds. The highest BCUT2D eigenvalue weighted by Crippen LogP contribution is 2.11. The zero-order chi connectivity index (χ0) is 17.6. The van der Waals surface area contributed by atoms with Gasteiger partial charge in [0.15, 0.2) is 5.78 Å². The summed E-state index contributed by atoms with van der Waals surface area (Å²) < 4.78 is 1.80. The van der Waals surface area contributed by atoms with Crippen LogP contribution in [0.15, 0.2) is 54.9 Å². The smallest absolute Gasteiger partial charge is 0.240 e. The predicted octanol–water partition coefficient (Wildman–Crippen LogP) is 2.41. The van der Waals surface area contributed by atoms with E-state index in [2.05, 4.69) is 22.1 Å². The molecule has 5 heteroatoms. The lowest BCUT2D eigenvalue weighted by atomic mass is 10.1. The van der Waals surface area contributed by atoms with Gasteiger partial charge in [0.1, 0.15) is 6.54 Å². The minimum absolute atomic E-state index is 0.0267. The van der Waals surface area contributed by atoms with E-state index in [4.69, 9.17) is 0 Å². The molecular weight excluding hydrogens is 314 g/mol. The molecule has 0 aliphatic carbocycles. The summed E-state index contributed by atoms with van der Waals surface area (Å²) in [5.41, 5.74) is 3.25. The number of nitrogens with one attached hydrogen (secondary N) is 1. The molecule has 0 saturated heterocycles. The lowest BCUT2D eigenvalue weighted by Crippen LogP contribution is -2.27. The molecular formula is C20H17N3O2. The number of Topliss-reactive ketones (excluding diaryl/α,β-unsaturated/α-hetero) is 1. The number of fused-ring (bicyclic) bond motifs is 1. The highest BCUT2D eigenvalue weighted by molar-refractivity contribution is 5.94. The van der Waals surface area contributed by atoms with E-state index in [0.717, 1.165) is 16.6 Å². The quantitative estimate of drug-likeness (QED) is 0.590. The maximum atomic E-state index is 12.0. The number of hydrogen-bond acceptors (Lipinski definition) is 3. The van der Waals surface area contributed by atoms with Crippen LogP contribution in [0.1, 0.15) is 22.8 Å².